The molecule has 0 saturated carbocycles. The molecule has 1 aromatic rings. The quantitative estimate of drug-likeness (QED) is 0.553. The minimum Gasteiger partial charge on any atom is -0.367 e. The SMILES string of the molecule is CC1Cc2c[nH]cc2C1N. The zero-order valence-electron chi connectivity index (χ0n) is 6.09. The second-order valence-corrected chi connectivity index (χ2v) is 3.14. The van der Waals surface area contributed by atoms with E-state index < -0.39 is 0 Å². The molecule has 0 spiro atoms. The lowest BCUT2D eigenvalue weighted by atomic mass is 10.1. The summed E-state index contributed by atoms with van der Waals surface area (Å²) in [6.07, 6.45) is 5.21. The molecule has 3 N–H and O–H groups in total. The van der Waals surface area contributed by atoms with Gasteiger partial charge in [0.25, 0.3) is 0 Å². The van der Waals surface area contributed by atoms with Crippen LogP contribution in [0, 0.1) is 5.92 Å². The Morgan fingerprint density at radius 2 is 2.40 bits per heavy atom. The van der Waals surface area contributed by atoms with Gasteiger partial charge in [0, 0.05) is 18.4 Å². The summed E-state index contributed by atoms with van der Waals surface area (Å²) >= 11 is 0. The second-order valence-electron chi connectivity index (χ2n) is 3.14. The molecule has 0 bridgehead atoms. The number of nitrogens with two attached hydrogens (primary N) is 1. The second kappa shape index (κ2) is 1.86. The van der Waals surface area contributed by atoms with Gasteiger partial charge < -0.3 is 10.7 Å². The molecule has 2 rings (SSSR count). The molecule has 0 amide bonds. The summed E-state index contributed by atoms with van der Waals surface area (Å²) in [5.41, 5.74) is 8.63. The first-order chi connectivity index (χ1) is 4.79. The van der Waals surface area contributed by atoms with E-state index >= 15 is 0 Å². The molecule has 2 atom stereocenters. The number of nitrogens with one attached hydrogen (secondary N) is 1. The molecule has 1 aliphatic rings. The number of H-pyrrole nitrogens is 1. The number of hydrogen-bond donors (Lipinski definition) is 2. The first-order valence-electron chi connectivity index (χ1n) is 3.70. The van der Waals surface area contributed by atoms with Gasteiger partial charge in [-0.25, -0.2) is 0 Å². The lowest BCUT2D eigenvalue weighted by Crippen LogP contribution is -2.13. The highest BCUT2D eigenvalue weighted by Gasteiger charge is 2.26. The van der Waals surface area contributed by atoms with E-state index in [9.17, 15) is 0 Å². The number of hydrogen-bond acceptors (Lipinski definition) is 1. The maximum atomic E-state index is 5.91. The third-order valence-electron chi connectivity index (χ3n) is 2.38. The van der Waals surface area contributed by atoms with E-state index in [2.05, 4.69) is 18.1 Å². The van der Waals surface area contributed by atoms with Crippen LogP contribution in [0.5, 0.6) is 0 Å². The van der Waals surface area contributed by atoms with Crippen molar-refractivity contribution in [3.8, 4) is 0 Å². The van der Waals surface area contributed by atoms with Crippen molar-refractivity contribution in [1.29, 1.82) is 0 Å². The van der Waals surface area contributed by atoms with Crippen LogP contribution in [0.2, 0.25) is 0 Å². The lowest BCUT2D eigenvalue weighted by molar-refractivity contribution is 0.511. The summed E-state index contributed by atoms with van der Waals surface area (Å²) in [7, 11) is 0. The monoisotopic (exact) mass is 136 g/mol. The Balaban J connectivity index is 2.43. The molecule has 54 valence electrons. The minimum atomic E-state index is 0.265. The van der Waals surface area contributed by atoms with Crippen molar-refractivity contribution in [2.45, 2.75) is 19.4 Å². The van der Waals surface area contributed by atoms with Gasteiger partial charge in [-0.1, -0.05) is 6.92 Å². The Labute approximate surface area is 60.4 Å². The van der Waals surface area contributed by atoms with E-state index in [1.807, 2.05) is 6.20 Å². The van der Waals surface area contributed by atoms with Gasteiger partial charge in [0.1, 0.15) is 0 Å². The summed E-state index contributed by atoms with van der Waals surface area (Å²) in [6.45, 7) is 2.20. The number of fused-ring (bicyclic) bond motifs is 1. The predicted molar refractivity (Wildman–Crippen MR) is 40.6 cm³/mol. The summed E-state index contributed by atoms with van der Waals surface area (Å²) in [4.78, 5) is 3.07. The fourth-order valence-corrected chi connectivity index (χ4v) is 1.68. The van der Waals surface area contributed by atoms with Crippen molar-refractivity contribution in [2.75, 3.05) is 0 Å². The summed E-state index contributed by atoms with van der Waals surface area (Å²) in [5, 5.41) is 0. The van der Waals surface area contributed by atoms with E-state index in [1.165, 1.54) is 11.1 Å². The van der Waals surface area contributed by atoms with E-state index in [0.717, 1.165) is 6.42 Å². The molecule has 1 aromatic heterocycles. The first kappa shape index (κ1) is 5.98. The molecule has 10 heavy (non-hydrogen) atoms. The minimum absolute atomic E-state index is 0.265. The molecular formula is C8H12N2. The molecule has 1 heterocycles. The largest absolute Gasteiger partial charge is 0.367 e. The average molecular weight is 136 g/mol. The van der Waals surface area contributed by atoms with E-state index in [1.54, 1.807) is 0 Å². The van der Waals surface area contributed by atoms with Gasteiger partial charge in [0.05, 0.1) is 0 Å². The van der Waals surface area contributed by atoms with Crippen molar-refractivity contribution >= 4 is 0 Å². The van der Waals surface area contributed by atoms with Crippen molar-refractivity contribution < 1.29 is 0 Å². The van der Waals surface area contributed by atoms with Crippen LogP contribution >= 0.6 is 0 Å². The fourth-order valence-electron chi connectivity index (χ4n) is 1.68. The summed E-state index contributed by atoms with van der Waals surface area (Å²) in [6, 6.07) is 0.265. The van der Waals surface area contributed by atoms with Crippen LogP contribution in [-0.4, -0.2) is 4.98 Å². The van der Waals surface area contributed by atoms with E-state index in [0.29, 0.717) is 5.92 Å². The molecule has 2 heteroatoms. The Hall–Kier alpha value is -0.760. The van der Waals surface area contributed by atoms with Gasteiger partial charge >= 0.3 is 0 Å². The zero-order valence-corrected chi connectivity index (χ0v) is 6.09. The third kappa shape index (κ3) is 0.625. The fraction of sp³-hybridized carbons (Fsp3) is 0.500. The predicted octanol–water partition coefficient (Wildman–Crippen LogP) is 1.21. The molecule has 0 saturated heterocycles. The number of aromatic amines is 1. The van der Waals surface area contributed by atoms with Crippen molar-refractivity contribution in [3.63, 3.8) is 0 Å². The van der Waals surface area contributed by atoms with Crippen LogP contribution in [0.3, 0.4) is 0 Å². The van der Waals surface area contributed by atoms with Gasteiger partial charge in [-0.2, -0.15) is 0 Å². The normalized spacial score (nSPS) is 30.6. The molecule has 0 aromatic carbocycles. The highest BCUT2D eigenvalue weighted by molar-refractivity contribution is 5.32. The van der Waals surface area contributed by atoms with Crippen molar-refractivity contribution in [2.24, 2.45) is 11.7 Å². The molecule has 0 radical (unpaired) electrons. The molecule has 0 aliphatic heterocycles. The van der Waals surface area contributed by atoms with Crippen LogP contribution < -0.4 is 5.73 Å². The molecule has 1 aliphatic carbocycles. The first-order valence-corrected chi connectivity index (χ1v) is 3.70. The van der Waals surface area contributed by atoms with Gasteiger partial charge in [0.15, 0.2) is 0 Å². The summed E-state index contributed by atoms with van der Waals surface area (Å²) < 4.78 is 0. The lowest BCUT2D eigenvalue weighted by Gasteiger charge is -2.07. The smallest absolute Gasteiger partial charge is 0.0341 e. The average Bonchev–Trinajstić information content (AvgIpc) is 2.41. The molecule has 2 nitrogen and oxygen atoms in total. The van der Waals surface area contributed by atoms with Gasteiger partial charge in [-0.15, -0.1) is 0 Å². The Kier molecular flexibility index (Phi) is 1.11. The maximum absolute atomic E-state index is 5.91. The molecule has 2 unspecified atom stereocenters. The van der Waals surface area contributed by atoms with E-state index in [4.69, 9.17) is 5.73 Å². The van der Waals surface area contributed by atoms with Gasteiger partial charge in [0.2, 0.25) is 0 Å². The highest BCUT2D eigenvalue weighted by Crippen LogP contribution is 2.33. The Morgan fingerprint density at radius 1 is 1.60 bits per heavy atom. The van der Waals surface area contributed by atoms with Crippen LogP contribution in [0.25, 0.3) is 0 Å². The Bertz CT molecular complexity index is 239. The number of rotatable bonds is 0. The van der Waals surface area contributed by atoms with Crippen LogP contribution in [-0.2, 0) is 6.42 Å². The standard InChI is InChI=1S/C8H12N2/c1-5-2-6-3-10-4-7(6)8(5)9/h3-5,8,10H,2,9H2,1H3. The van der Waals surface area contributed by atoms with Crippen molar-refractivity contribution in [3.05, 3.63) is 23.5 Å². The number of aromatic nitrogens is 1. The van der Waals surface area contributed by atoms with Crippen molar-refractivity contribution in [1.82, 2.24) is 4.98 Å². The topological polar surface area (TPSA) is 41.8 Å². The zero-order chi connectivity index (χ0) is 7.14. The van der Waals surface area contributed by atoms with Gasteiger partial charge in [-0.3, -0.25) is 0 Å². The third-order valence-corrected chi connectivity index (χ3v) is 2.38. The molecular weight excluding hydrogens is 124 g/mol. The van der Waals surface area contributed by atoms with E-state index in [-0.39, 0.29) is 6.04 Å². The maximum Gasteiger partial charge on any atom is 0.0341 e. The summed E-state index contributed by atoms with van der Waals surface area (Å²) in [5.74, 6) is 0.625. The highest BCUT2D eigenvalue weighted by atomic mass is 14.7. The van der Waals surface area contributed by atoms with Crippen LogP contribution in [0.1, 0.15) is 24.1 Å². The van der Waals surface area contributed by atoms with Crippen LogP contribution in [0.15, 0.2) is 12.4 Å². The van der Waals surface area contributed by atoms with Crippen LogP contribution in [0.4, 0.5) is 0 Å². The van der Waals surface area contributed by atoms with Gasteiger partial charge in [-0.05, 0) is 23.5 Å². The Morgan fingerprint density at radius 3 is 3.10 bits per heavy atom. The molecule has 0 fully saturated rings.